The van der Waals surface area contributed by atoms with Gasteiger partial charge >= 0.3 is 0 Å². The number of amides is 2. The Bertz CT molecular complexity index is 1140. The number of pyridine rings is 1. The molecule has 8 nitrogen and oxygen atoms in total. The maximum Gasteiger partial charge on any atom is 0.253 e. The Morgan fingerprint density at radius 2 is 1.68 bits per heavy atom. The van der Waals surface area contributed by atoms with E-state index in [4.69, 9.17) is 0 Å². The van der Waals surface area contributed by atoms with E-state index in [0.29, 0.717) is 50.4 Å². The van der Waals surface area contributed by atoms with Crippen LogP contribution in [0.5, 0.6) is 0 Å². The van der Waals surface area contributed by atoms with Crippen LogP contribution in [0.4, 0.5) is 5.82 Å². The van der Waals surface area contributed by atoms with Gasteiger partial charge in [-0.25, -0.2) is 13.4 Å². The number of aromatic nitrogens is 1. The number of sulfonamides is 1. The Morgan fingerprint density at radius 3 is 2.35 bits per heavy atom. The zero-order valence-electron chi connectivity index (χ0n) is 19.6. The number of likely N-dealkylation sites (tertiary alicyclic amines) is 1. The molecule has 2 saturated heterocycles. The lowest BCUT2D eigenvalue weighted by Gasteiger charge is -2.31. The Morgan fingerprint density at radius 1 is 0.971 bits per heavy atom. The molecule has 1 aromatic carbocycles. The normalized spacial score (nSPS) is 18.3. The van der Waals surface area contributed by atoms with Crippen molar-refractivity contribution in [1.29, 1.82) is 0 Å². The highest BCUT2D eigenvalue weighted by Crippen LogP contribution is 2.24. The van der Waals surface area contributed by atoms with Gasteiger partial charge < -0.3 is 10.2 Å². The number of carbonyl (C=O) groups is 2. The second-order valence-electron chi connectivity index (χ2n) is 9.12. The maximum atomic E-state index is 13.1. The maximum absolute atomic E-state index is 13.1. The molecule has 0 aliphatic carbocycles. The monoisotopic (exact) mass is 484 g/mol. The fraction of sp³-hybridized carbons (Fsp3) is 0.480. The molecule has 9 heteroatoms. The number of nitrogens with zero attached hydrogens (tertiary/aromatic N) is 3. The summed E-state index contributed by atoms with van der Waals surface area (Å²) in [6.07, 6.45) is 6.57. The van der Waals surface area contributed by atoms with Crippen molar-refractivity contribution in [2.45, 2.75) is 50.3 Å². The summed E-state index contributed by atoms with van der Waals surface area (Å²) in [6, 6.07) is 10.0. The number of hydrogen-bond donors (Lipinski definition) is 1. The van der Waals surface area contributed by atoms with Crippen LogP contribution in [0.1, 0.15) is 54.4 Å². The first-order chi connectivity index (χ1) is 16.3. The van der Waals surface area contributed by atoms with Crippen molar-refractivity contribution in [2.75, 3.05) is 31.5 Å². The Hall–Kier alpha value is -2.78. The van der Waals surface area contributed by atoms with Crippen molar-refractivity contribution >= 4 is 27.7 Å². The van der Waals surface area contributed by atoms with E-state index in [1.807, 2.05) is 19.1 Å². The van der Waals surface area contributed by atoms with E-state index in [1.165, 1.54) is 10.4 Å². The molecule has 0 spiro atoms. The molecule has 34 heavy (non-hydrogen) atoms. The fourth-order valence-corrected chi connectivity index (χ4v) is 6.14. The van der Waals surface area contributed by atoms with Crippen molar-refractivity contribution in [1.82, 2.24) is 14.2 Å². The van der Waals surface area contributed by atoms with Crippen LogP contribution in [-0.4, -0.2) is 60.6 Å². The molecule has 0 atom stereocenters. The molecule has 2 aliphatic rings. The minimum Gasteiger partial charge on any atom is -0.339 e. The molecule has 2 aromatic rings. The first-order valence-electron chi connectivity index (χ1n) is 12.0. The number of hydrogen-bond acceptors (Lipinski definition) is 5. The van der Waals surface area contributed by atoms with Crippen LogP contribution in [0.25, 0.3) is 0 Å². The lowest BCUT2D eigenvalue weighted by atomic mass is 9.95. The van der Waals surface area contributed by atoms with Crippen molar-refractivity contribution in [3.63, 3.8) is 0 Å². The molecule has 3 heterocycles. The number of piperidine rings is 1. The van der Waals surface area contributed by atoms with Gasteiger partial charge in [-0.2, -0.15) is 4.31 Å². The third-order valence-electron chi connectivity index (χ3n) is 6.60. The topological polar surface area (TPSA) is 99.7 Å². The minimum atomic E-state index is -3.62. The summed E-state index contributed by atoms with van der Waals surface area (Å²) < 4.78 is 27.8. The average molecular weight is 485 g/mol. The molecule has 2 fully saturated rings. The van der Waals surface area contributed by atoms with E-state index in [1.54, 1.807) is 29.3 Å². The van der Waals surface area contributed by atoms with E-state index in [2.05, 4.69) is 10.3 Å². The zero-order valence-corrected chi connectivity index (χ0v) is 20.4. The standard InChI is InChI=1S/C25H32N4O4S/c1-19-9-12-26-23(17-19)27-24(30)20-10-15-28(16-11-20)25(31)21-7-6-8-22(18-21)34(32,33)29-13-4-2-3-5-14-29/h6-9,12,17-18,20H,2-5,10-11,13-16H2,1H3,(H,26,27,30). The van der Waals surface area contributed by atoms with Crippen LogP contribution >= 0.6 is 0 Å². The number of nitrogens with one attached hydrogen (secondary N) is 1. The van der Waals surface area contributed by atoms with Gasteiger partial charge in [-0.1, -0.05) is 18.9 Å². The van der Waals surface area contributed by atoms with Gasteiger partial charge in [0.05, 0.1) is 4.90 Å². The summed E-state index contributed by atoms with van der Waals surface area (Å²) in [4.78, 5) is 31.8. The minimum absolute atomic E-state index is 0.0873. The molecule has 0 radical (unpaired) electrons. The number of anilines is 1. The van der Waals surface area contributed by atoms with E-state index in [0.717, 1.165) is 31.2 Å². The fourth-order valence-electron chi connectivity index (χ4n) is 4.58. The summed E-state index contributed by atoms with van der Waals surface area (Å²) >= 11 is 0. The molecule has 182 valence electrons. The van der Waals surface area contributed by atoms with Crippen molar-refractivity contribution < 1.29 is 18.0 Å². The molecule has 0 bridgehead atoms. The first kappa shape index (κ1) is 24.3. The summed E-state index contributed by atoms with van der Waals surface area (Å²) in [5, 5.41) is 2.86. The van der Waals surface area contributed by atoms with Crippen LogP contribution < -0.4 is 5.32 Å². The number of benzene rings is 1. The van der Waals surface area contributed by atoms with Gasteiger partial charge in [-0.3, -0.25) is 9.59 Å². The van der Waals surface area contributed by atoms with Gasteiger partial charge in [-0.15, -0.1) is 0 Å². The molecular weight excluding hydrogens is 452 g/mol. The lowest BCUT2D eigenvalue weighted by Crippen LogP contribution is -2.41. The Balaban J connectivity index is 1.38. The van der Waals surface area contributed by atoms with Crippen LogP contribution in [0.15, 0.2) is 47.5 Å². The number of rotatable bonds is 5. The predicted octanol–water partition coefficient (Wildman–Crippen LogP) is 3.45. The number of carbonyl (C=O) groups excluding carboxylic acids is 2. The largest absolute Gasteiger partial charge is 0.339 e. The van der Waals surface area contributed by atoms with Crippen molar-refractivity contribution in [3.8, 4) is 0 Å². The summed E-state index contributed by atoms with van der Waals surface area (Å²) in [5.41, 5.74) is 1.38. The van der Waals surface area contributed by atoms with Gasteiger partial charge in [-0.05, 0) is 68.5 Å². The van der Waals surface area contributed by atoms with Crippen LogP contribution in [0.3, 0.4) is 0 Å². The third-order valence-corrected chi connectivity index (χ3v) is 8.50. The highest BCUT2D eigenvalue weighted by molar-refractivity contribution is 7.89. The van der Waals surface area contributed by atoms with Crippen LogP contribution in [0.2, 0.25) is 0 Å². The van der Waals surface area contributed by atoms with Gasteiger partial charge in [0, 0.05) is 43.9 Å². The highest BCUT2D eigenvalue weighted by Gasteiger charge is 2.30. The Labute approximate surface area is 201 Å². The third kappa shape index (κ3) is 5.64. The molecular formula is C25H32N4O4S. The van der Waals surface area contributed by atoms with E-state index >= 15 is 0 Å². The smallest absolute Gasteiger partial charge is 0.253 e. The van der Waals surface area contributed by atoms with Gasteiger partial charge in [0.2, 0.25) is 15.9 Å². The van der Waals surface area contributed by atoms with Crippen LogP contribution in [0, 0.1) is 12.8 Å². The second-order valence-corrected chi connectivity index (χ2v) is 11.1. The zero-order chi connectivity index (χ0) is 24.1. The van der Waals surface area contributed by atoms with Crippen molar-refractivity contribution in [2.24, 2.45) is 5.92 Å². The van der Waals surface area contributed by atoms with Gasteiger partial charge in [0.1, 0.15) is 5.82 Å². The molecule has 0 saturated carbocycles. The van der Waals surface area contributed by atoms with Crippen molar-refractivity contribution in [3.05, 3.63) is 53.7 Å². The second kappa shape index (κ2) is 10.7. The average Bonchev–Trinajstić information content (AvgIpc) is 3.14. The van der Waals surface area contributed by atoms with Gasteiger partial charge in [0.15, 0.2) is 0 Å². The Kier molecular flexibility index (Phi) is 7.63. The highest BCUT2D eigenvalue weighted by atomic mass is 32.2. The summed E-state index contributed by atoms with van der Waals surface area (Å²) in [6.45, 7) is 3.88. The number of aryl methyl sites for hydroxylation is 1. The first-order valence-corrected chi connectivity index (χ1v) is 13.4. The molecule has 2 amide bonds. The van der Waals surface area contributed by atoms with Crippen LogP contribution in [-0.2, 0) is 14.8 Å². The molecule has 1 aromatic heterocycles. The molecule has 2 aliphatic heterocycles. The van der Waals surface area contributed by atoms with E-state index in [-0.39, 0.29) is 22.6 Å². The molecule has 4 rings (SSSR count). The van der Waals surface area contributed by atoms with E-state index in [9.17, 15) is 18.0 Å². The van der Waals surface area contributed by atoms with Gasteiger partial charge in [0.25, 0.3) is 5.91 Å². The predicted molar refractivity (Wildman–Crippen MR) is 130 cm³/mol. The lowest BCUT2D eigenvalue weighted by molar-refractivity contribution is -0.121. The molecule has 1 N–H and O–H groups in total. The summed E-state index contributed by atoms with van der Waals surface area (Å²) in [7, 11) is -3.62. The van der Waals surface area contributed by atoms with E-state index < -0.39 is 10.0 Å². The SMILES string of the molecule is Cc1ccnc(NC(=O)C2CCN(C(=O)c3cccc(S(=O)(=O)N4CCCCCC4)c3)CC2)c1. The quantitative estimate of drug-likeness (QED) is 0.701. The molecule has 0 unspecified atom stereocenters. The summed E-state index contributed by atoms with van der Waals surface area (Å²) in [5.74, 6) is 0.0508.